The molecule has 7 heteroatoms. The Morgan fingerprint density at radius 1 is 1.22 bits per heavy atom. The number of ether oxygens (including phenoxy) is 1. The van der Waals surface area contributed by atoms with Crippen LogP contribution in [0.4, 0.5) is 4.79 Å². The van der Waals surface area contributed by atoms with E-state index in [0.717, 1.165) is 22.9 Å². The maximum Gasteiger partial charge on any atom is 0.293 e. The van der Waals surface area contributed by atoms with Crippen LogP contribution in [0.2, 0.25) is 0 Å². The number of nitrogens with zero attached hydrogens (tertiary/aromatic N) is 1. The number of hydrogen-bond acceptors (Lipinski definition) is 5. The minimum atomic E-state index is -0.313. The minimum absolute atomic E-state index is 0.0714. The summed E-state index contributed by atoms with van der Waals surface area (Å²) in [7, 11) is 0. The number of imide groups is 1. The third kappa shape index (κ3) is 4.47. The Morgan fingerprint density at radius 2 is 1.93 bits per heavy atom. The van der Waals surface area contributed by atoms with Gasteiger partial charge in [0.2, 0.25) is 0 Å². The van der Waals surface area contributed by atoms with Gasteiger partial charge in [-0.3, -0.25) is 14.5 Å². The van der Waals surface area contributed by atoms with E-state index in [2.05, 4.69) is 0 Å². The first-order chi connectivity index (χ1) is 12.9. The van der Waals surface area contributed by atoms with Crippen LogP contribution >= 0.6 is 34.4 Å². The van der Waals surface area contributed by atoms with E-state index in [1.54, 1.807) is 18.2 Å². The highest BCUT2D eigenvalue weighted by Crippen LogP contribution is 2.37. The summed E-state index contributed by atoms with van der Waals surface area (Å²) in [5.74, 6) is 0.114. The number of aromatic hydroxyl groups is 1. The number of thioether (sulfide) groups is 1. The molecule has 2 aromatic carbocycles. The Labute approximate surface area is 175 Å². The molecule has 0 spiro atoms. The third-order valence-electron chi connectivity index (χ3n) is 3.98. The van der Waals surface area contributed by atoms with Gasteiger partial charge in [-0.25, -0.2) is 0 Å². The Bertz CT molecular complexity index is 924. The van der Waals surface area contributed by atoms with Gasteiger partial charge in [0.15, 0.2) is 11.5 Å². The van der Waals surface area contributed by atoms with E-state index < -0.39 is 0 Å². The number of benzene rings is 2. The molecule has 1 fully saturated rings. The van der Waals surface area contributed by atoms with Gasteiger partial charge in [-0.05, 0) is 77.5 Å². The van der Waals surface area contributed by atoms with Crippen molar-refractivity contribution >= 4 is 51.6 Å². The lowest BCUT2D eigenvalue weighted by atomic mass is 10.1. The molecule has 27 heavy (non-hydrogen) atoms. The van der Waals surface area contributed by atoms with E-state index in [4.69, 9.17) is 4.74 Å². The van der Waals surface area contributed by atoms with Crippen LogP contribution < -0.4 is 4.74 Å². The molecule has 140 valence electrons. The summed E-state index contributed by atoms with van der Waals surface area (Å²) in [6, 6.07) is 11.1. The minimum Gasteiger partial charge on any atom is -0.504 e. The molecule has 1 aliphatic rings. The van der Waals surface area contributed by atoms with E-state index in [9.17, 15) is 14.7 Å². The van der Waals surface area contributed by atoms with Crippen LogP contribution in [-0.4, -0.2) is 27.8 Å². The van der Waals surface area contributed by atoms with Gasteiger partial charge in [0.1, 0.15) is 0 Å². The first-order valence-corrected chi connectivity index (χ1v) is 10.2. The van der Waals surface area contributed by atoms with Gasteiger partial charge in [0, 0.05) is 0 Å². The summed E-state index contributed by atoms with van der Waals surface area (Å²) in [5.41, 5.74) is 2.73. The van der Waals surface area contributed by atoms with Crippen LogP contribution in [-0.2, 0) is 11.3 Å². The van der Waals surface area contributed by atoms with Crippen molar-refractivity contribution in [1.29, 1.82) is 0 Å². The zero-order valence-electron chi connectivity index (χ0n) is 14.9. The van der Waals surface area contributed by atoms with Crippen molar-refractivity contribution in [3.05, 3.63) is 61.6 Å². The monoisotopic (exact) mass is 495 g/mol. The maximum absolute atomic E-state index is 12.7. The number of aryl methyl sites for hydroxylation is 1. The topological polar surface area (TPSA) is 66.8 Å². The van der Waals surface area contributed by atoms with Crippen LogP contribution in [0.15, 0.2) is 41.3 Å². The summed E-state index contributed by atoms with van der Waals surface area (Å²) in [6.45, 7) is 4.48. The molecule has 0 atom stereocenters. The predicted octanol–water partition coefficient (Wildman–Crippen LogP) is 4.94. The summed E-state index contributed by atoms with van der Waals surface area (Å²) in [6.07, 6.45) is 1.66. The van der Waals surface area contributed by atoms with E-state index in [0.29, 0.717) is 26.4 Å². The van der Waals surface area contributed by atoms with Gasteiger partial charge in [0.05, 0.1) is 21.6 Å². The molecule has 1 aliphatic heterocycles. The smallest absolute Gasteiger partial charge is 0.293 e. The molecule has 0 saturated carbocycles. The van der Waals surface area contributed by atoms with Crippen molar-refractivity contribution in [2.75, 3.05) is 6.61 Å². The lowest BCUT2D eigenvalue weighted by Crippen LogP contribution is -2.27. The molecule has 1 saturated heterocycles. The fourth-order valence-corrected chi connectivity index (χ4v) is 4.07. The van der Waals surface area contributed by atoms with Crippen LogP contribution in [0.3, 0.4) is 0 Å². The molecular weight excluding hydrogens is 477 g/mol. The van der Waals surface area contributed by atoms with E-state index >= 15 is 0 Å². The summed E-state index contributed by atoms with van der Waals surface area (Å²) in [5, 5.41) is 9.76. The molecule has 0 unspecified atom stereocenters. The number of amides is 2. The highest BCUT2D eigenvalue weighted by molar-refractivity contribution is 14.1. The van der Waals surface area contributed by atoms with E-state index in [-0.39, 0.29) is 23.4 Å². The van der Waals surface area contributed by atoms with Crippen molar-refractivity contribution in [3.8, 4) is 11.5 Å². The zero-order chi connectivity index (χ0) is 19.6. The highest BCUT2D eigenvalue weighted by Gasteiger charge is 2.35. The summed E-state index contributed by atoms with van der Waals surface area (Å²) in [4.78, 5) is 26.6. The van der Waals surface area contributed by atoms with Gasteiger partial charge in [-0.15, -0.1) is 0 Å². The fraction of sp³-hybridized carbons (Fsp3) is 0.200. The van der Waals surface area contributed by atoms with Crippen molar-refractivity contribution < 1.29 is 19.4 Å². The number of carbonyl (C=O) groups is 2. The lowest BCUT2D eigenvalue weighted by molar-refractivity contribution is -0.123. The summed E-state index contributed by atoms with van der Waals surface area (Å²) >= 11 is 2.93. The van der Waals surface area contributed by atoms with Crippen LogP contribution in [0.1, 0.15) is 23.6 Å². The molecule has 1 heterocycles. The van der Waals surface area contributed by atoms with Crippen molar-refractivity contribution in [1.82, 2.24) is 4.90 Å². The fourth-order valence-electron chi connectivity index (χ4n) is 2.61. The third-order valence-corrected chi connectivity index (χ3v) is 5.71. The predicted molar refractivity (Wildman–Crippen MR) is 115 cm³/mol. The molecule has 0 aromatic heterocycles. The second kappa shape index (κ2) is 8.35. The van der Waals surface area contributed by atoms with Gasteiger partial charge < -0.3 is 9.84 Å². The van der Waals surface area contributed by atoms with E-state index in [1.165, 1.54) is 4.90 Å². The Hall–Kier alpha value is -2.00. The Balaban J connectivity index is 1.85. The quantitative estimate of drug-likeness (QED) is 0.470. The van der Waals surface area contributed by atoms with Gasteiger partial charge in [0.25, 0.3) is 11.1 Å². The standard InChI is InChI=1S/C20H18INO4S/c1-3-26-16-9-14(8-15(21)18(16)23)10-17-19(24)22(20(25)27-17)11-13-6-4-12(2)5-7-13/h4-10,23H,3,11H2,1-2H3/b17-10-. The molecule has 0 bridgehead atoms. The molecule has 3 rings (SSSR count). The molecule has 0 aliphatic carbocycles. The first kappa shape index (κ1) is 19.8. The lowest BCUT2D eigenvalue weighted by Gasteiger charge is -2.12. The van der Waals surface area contributed by atoms with Crippen LogP contribution in [0.25, 0.3) is 6.08 Å². The molecule has 1 N–H and O–H groups in total. The van der Waals surface area contributed by atoms with Gasteiger partial charge in [-0.1, -0.05) is 29.8 Å². The number of phenols is 1. The zero-order valence-corrected chi connectivity index (χ0v) is 17.8. The number of carbonyl (C=O) groups excluding carboxylic acids is 2. The first-order valence-electron chi connectivity index (χ1n) is 8.35. The van der Waals surface area contributed by atoms with Crippen molar-refractivity contribution in [3.63, 3.8) is 0 Å². The van der Waals surface area contributed by atoms with E-state index in [1.807, 2.05) is 60.7 Å². The average molecular weight is 495 g/mol. The molecular formula is C20H18INO4S. The number of rotatable bonds is 5. The molecule has 5 nitrogen and oxygen atoms in total. The number of halogens is 1. The summed E-state index contributed by atoms with van der Waals surface area (Å²) < 4.78 is 6.04. The second-order valence-electron chi connectivity index (χ2n) is 6.04. The Morgan fingerprint density at radius 3 is 2.59 bits per heavy atom. The number of hydrogen-bond donors (Lipinski definition) is 1. The molecule has 0 radical (unpaired) electrons. The normalized spacial score (nSPS) is 15.7. The number of phenolic OH excluding ortho intramolecular Hbond substituents is 1. The second-order valence-corrected chi connectivity index (χ2v) is 8.19. The Kier molecular flexibility index (Phi) is 6.11. The van der Waals surface area contributed by atoms with Crippen LogP contribution in [0, 0.1) is 10.5 Å². The van der Waals surface area contributed by atoms with Crippen molar-refractivity contribution in [2.24, 2.45) is 0 Å². The van der Waals surface area contributed by atoms with Crippen molar-refractivity contribution in [2.45, 2.75) is 20.4 Å². The SMILES string of the molecule is CCOc1cc(/C=C2\SC(=O)N(Cc3ccc(C)cc3)C2=O)cc(I)c1O. The largest absolute Gasteiger partial charge is 0.504 e. The van der Waals surface area contributed by atoms with Gasteiger partial charge in [-0.2, -0.15) is 0 Å². The molecule has 2 aromatic rings. The van der Waals surface area contributed by atoms with Crippen LogP contribution in [0.5, 0.6) is 11.5 Å². The maximum atomic E-state index is 12.7. The average Bonchev–Trinajstić information content (AvgIpc) is 2.88. The molecule has 2 amide bonds. The van der Waals surface area contributed by atoms with Gasteiger partial charge >= 0.3 is 0 Å². The highest BCUT2D eigenvalue weighted by atomic mass is 127.